The lowest BCUT2D eigenvalue weighted by Crippen LogP contribution is -2.09. The molecule has 0 fully saturated rings. The lowest BCUT2D eigenvalue weighted by molar-refractivity contribution is 0.182. The van der Waals surface area contributed by atoms with Crippen LogP contribution in [-0.4, -0.2) is 18.2 Å². The van der Waals surface area contributed by atoms with Crippen LogP contribution in [-0.2, 0) is 11.3 Å². The first-order valence-electron chi connectivity index (χ1n) is 6.20. The summed E-state index contributed by atoms with van der Waals surface area (Å²) in [6.07, 6.45) is 0.132. The molecule has 0 saturated heterocycles. The lowest BCUT2D eigenvalue weighted by atomic mass is 10.1. The third-order valence-corrected chi connectivity index (χ3v) is 2.65. The number of hydrazine groups is 1. The Bertz CT molecular complexity index is 570. The summed E-state index contributed by atoms with van der Waals surface area (Å²) in [5, 5.41) is 0.931. The van der Waals surface area contributed by atoms with Gasteiger partial charge < -0.3 is 14.9 Å². The van der Waals surface area contributed by atoms with Gasteiger partial charge in [-0.15, -0.1) is 0 Å². The zero-order valence-electron chi connectivity index (χ0n) is 11.4. The van der Waals surface area contributed by atoms with E-state index in [1.54, 1.807) is 7.11 Å². The number of hydrogen-bond donors (Lipinski definition) is 2. The predicted molar refractivity (Wildman–Crippen MR) is 76.0 cm³/mol. The Morgan fingerprint density at radius 3 is 2.74 bits per heavy atom. The molecule has 1 aromatic carbocycles. The van der Waals surface area contributed by atoms with Gasteiger partial charge in [0.2, 0.25) is 0 Å². The fourth-order valence-corrected chi connectivity index (χ4v) is 1.95. The number of rotatable bonds is 5. The number of nitrogen functional groups attached to an aromatic ring is 1. The number of pyridine rings is 1. The van der Waals surface area contributed by atoms with E-state index in [0.717, 1.165) is 28.0 Å². The number of methoxy groups -OCH3 is 1. The first-order chi connectivity index (χ1) is 9.13. The zero-order valence-corrected chi connectivity index (χ0v) is 11.4. The van der Waals surface area contributed by atoms with Gasteiger partial charge in [-0.25, -0.2) is 0 Å². The van der Waals surface area contributed by atoms with Gasteiger partial charge in [0.05, 0.1) is 29.6 Å². The molecule has 0 amide bonds. The number of fused-ring (bicyclic) bond motifs is 1. The highest BCUT2D eigenvalue weighted by molar-refractivity contribution is 5.92. The molecular formula is C14H19N3O2. The second-order valence-corrected chi connectivity index (χ2v) is 4.58. The average molecular weight is 261 g/mol. The summed E-state index contributed by atoms with van der Waals surface area (Å²) >= 11 is 0. The van der Waals surface area contributed by atoms with Crippen LogP contribution < -0.4 is 16.0 Å². The summed E-state index contributed by atoms with van der Waals surface area (Å²) in [7, 11) is 1.64. The molecule has 2 aromatic rings. The molecule has 1 heterocycles. The Balaban J connectivity index is 2.49. The molecule has 0 unspecified atom stereocenters. The summed E-state index contributed by atoms with van der Waals surface area (Å²) in [5.41, 5.74) is 5.20. The molecule has 0 atom stereocenters. The Labute approximate surface area is 112 Å². The maximum Gasteiger partial charge on any atom is 0.120 e. The Morgan fingerprint density at radius 2 is 2.11 bits per heavy atom. The maximum atomic E-state index is 5.68. The molecule has 0 aliphatic heterocycles. The Kier molecular flexibility index (Phi) is 4.19. The summed E-state index contributed by atoms with van der Waals surface area (Å²) in [6, 6.07) is 7.65. The van der Waals surface area contributed by atoms with Crippen molar-refractivity contribution >= 4 is 16.6 Å². The molecule has 0 aliphatic rings. The quantitative estimate of drug-likeness (QED) is 0.639. The molecule has 0 aliphatic carbocycles. The minimum atomic E-state index is 0.132. The lowest BCUT2D eigenvalue weighted by Gasteiger charge is -2.13. The van der Waals surface area contributed by atoms with E-state index in [-0.39, 0.29) is 6.10 Å². The number of nitrogens with two attached hydrogens (primary N) is 1. The molecule has 2 rings (SSSR count). The first-order valence-corrected chi connectivity index (χ1v) is 6.20. The molecule has 0 spiro atoms. The number of aromatic nitrogens is 1. The summed E-state index contributed by atoms with van der Waals surface area (Å²) < 4.78 is 10.8. The van der Waals surface area contributed by atoms with Crippen LogP contribution in [0.4, 0.5) is 5.69 Å². The van der Waals surface area contributed by atoms with Gasteiger partial charge in [-0.3, -0.25) is 10.8 Å². The summed E-state index contributed by atoms with van der Waals surface area (Å²) in [5.74, 6) is 6.38. The molecule has 0 bridgehead atoms. The van der Waals surface area contributed by atoms with Crippen LogP contribution in [0.25, 0.3) is 10.9 Å². The van der Waals surface area contributed by atoms with Crippen molar-refractivity contribution in [2.24, 2.45) is 5.84 Å². The fraction of sp³-hybridized carbons (Fsp3) is 0.357. The number of nitrogens with zero attached hydrogens (tertiary/aromatic N) is 1. The van der Waals surface area contributed by atoms with Gasteiger partial charge in [0.25, 0.3) is 0 Å². The largest absolute Gasteiger partial charge is 0.491 e. The van der Waals surface area contributed by atoms with Crippen LogP contribution in [0.1, 0.15) is 19.5 Å². The van der Waals surface area contributed by atoms with E-state index in [9.17, 15) is 0 Å². The van der Waals surface area contributed by atoms with Crippen LogP contribution in [0.15, 0.2) is 24.3 Å². The second kappa shape index (κ2) is 5.86. The van der Waals surface area contributed by atoms with E-state index >= 15 is 0 Å². The zero-order chi connectivity index (χ0) is 13.8. The van der Waals surface area contributed by atoms with Crippen molar-refractivity contribution in [1.82, 2.24) is 4.98 Å². The van der Waals surface area contributed by atoms with E-state index in [4.69, 9.17) is 15.3 Å². The smallest absolute Gasteiger partial charge is 0.120 e. The predicted octanol–water partition coefficient (Wildman–Crippen LogP) is 2.45. The Hall–Kier alpha value is -1.85. The van der Waals surface area contributed by atoms with Gasteiger partial charge in [-0.05, 0) is 38.1 Å². The highest BCUT2D eigenvalue weighted by atomic mass is 16.5. The summed E-state index contributed by atoms with van der Waals surface area (Å²) in [6.45, 7) is 4.44. The molecule has 0 radical (unpaired) electrons. The van der Waals surface area contributed by atoms with Crippen molar-refractivity contribution < 1.29 is 9.47 Å². The molecule has 3 N–H and O–H groups in total. The third kappa shape index (κ3) is 3.13. The second-order valence-electron chi connectivity index (χ2n) is 4.58. The van der Waals surface area contributed by atoms with Crippen molar-refractivity contribution in [3.63, 3.8) is 0 Å². The summed E-state index contributed by atoms with van der Waals surface area (Å²) in [4.78, 5) is 4.52. The SMILES string of the molecule is COCc1cc(NN)c2cc(OC(C)C)ccc2n1. The van der Waals surface area contributed by atoms with Crippen molar-refractivity contribution in [2.45, 2.75) is 26.6 Å². The van der Waals surface area contributed by atoms with Gasteiger partial charge in [0.1, 0.15) is 5.75 Å². The number of benzene rings is 1. The fourth-order valence-electron chi connectivity index (χ4n) is 1.95. The van der Waals surface area contributed by atoms with E-state index in [1.807, 2.05) is 38.1 Å². The van der Waals surface area contributed by atoms with Gasteiger partial charge >= 0.3 is 0 Å². The molecule has 5 heteroatoms. The highest BCUT2D eigenvalue weighted by Crippen LogP contribution is 2.27. The number of hydrogen-bond acceptors (Lipinski definition) is 5. The highest BCUT2D eigenvalue weighted by Gasteiger charge is 2.07. The normalized spacial score (nSPS) is 11.0. The van der Waals surface area contributed by atoms with Gasteiger partial charge in [-0.2, -0.15) is 0 Å². The minimum absolute atomic E-state index is 0.132. The van der Waals surface area contributed by atoms with Gasteiger partial charge in [0.15, 0.2) is 0 Å². The van der Waals surface area contributed by atoms with E-state index in [1.165, 1.54) is 0 Å². The molecular weight excluding hydrogens is 242 g/mol. The van der Waals surface area contributed by atoms with Crippen LogP contribution >= 0.6 is 0 Å². The standard InChI is InChI=1S/C14H19N3O2/c1-9(2)19-11-4-5-13-12(7-11)14(17-15)6-10(16-13)8-18-3/h4-7,9H,8,15H2,1-3H3,(H,16,17). The van der Waals surface area contributed by atoms with Crippen LogP contribution in [0.5, 0.6) is 5.75 Å². The first kappa shape index (κ1) is 13.6. The molecule has 19 heavy (non-hydrogen) atoms. The minimum Gasteiger partial charge on any atom is -0.491 e. The molecule has 102 valence electrons. The van der Waals surface area contributed by atoms with Gasteiger partial charge in [-0.1, -0.05) is 0 Å². The number of nitrogens with one attached hydrogen (secondary N) is 1. The Morgan fingerprint density at radius 1 is 1.32 bits per heavy atom. The van der Waals surface area contributed by atoms with Gasteiger partial charge in [0, 0.05) is 12.5 Å². The number of anilines is 1. The van der Waals surface area contributed by atoms with E-state index < -0.39 is 0 Å². The van der Waals surface area contributed by atoms with Crippen LogP contribution in [0.2, 0.25) is 0 Å². The van der Waals surface area contributed by atoms with E-state index in [0.29, 0.717) is 6.61 Å². The van der Waals surface area contributed by atoms with Crippen LogP contribution in [0.3, 0.4) is 0 Å². The van der Waals surface area contributed by atoms with Crippen molar-refractivity contribution in [3.8, 4) is 5.75 Å². The van der Waals surface area contributed by atoms with Crippen molar-refractivity contribution in [1.29, 1.82) is 0 Å². The van der Waals surface area contributed by atoms with E-state index in [2.05, 4.69) is 10.4 Å². The maximum absolute atomic E-state index is 5.68. The molecule has 0 saturated carbocycles. The average Bonchev–Trinajstić information content (AvgIpc) is 2.38. The molecule has 5 nitrogen and oxygen atoms in total. The van der Waals surface area contributed by atoms with Crippen LogP contribution in [0, 0.1) is 0 Å². The topological polar surface area (TPSA) is 69.4 Å². The van der Waals surface area contributed by atoms with Crippen molar-refractivity contribution in [2.75, 3.05) is 12.5 Å². The molecule has 1 aromatic heterocycles. The monoisotopic (exact) mass is 261 g/mol. The number of ether oxygens (including phenoxy) is 2. The third-order valence-electron chi connectivity index (χ3n) is 2.65. The van der Waals surface area contributed by atoms with Crippen molar-refractivity contribution in [3.05, 3.63) is 30.0 Å².